The van der Waals surface area contributed by atoms with Crippen LogP contribution in [0.3, 0.4) is 0 Å². The highest BCUT2D eigenvalue weighted by Crippen LogP contribution is 2.34. The minimum Gasteiger partial charge on any atom is -0.466 e. The Hall–Kier alpha value is -2.03. The standard InChI is InChI=1S/C16H24N4O4S/c1-3-7-17-14(22)8-20-16(11-9-25-10-12(11)19-20)18-13(21)5-6-15(23)24-4-2/h3-10H2,1-2H3,(H,17,22)(H,18,21). The Labute approximate surface area is 151 Å². The third-order valence-corrected chi connectivity index (χ3v) is 4.57. The van der Waals surface area contributed by atoms with Crippen LogP contribution in [0.1, 0.15) is 44.4 Å². The molecule has 9 heteroatoms. The average molecular weight is 368 g/mol. The van der Waals surface area contributed by atoms with Gasteiger partial charge in [-0.3, -0.25) is 14.4 Å². The molecule has 1 aromatic rings. The van der Waals surface area contributed by atoms with E-state index in [4.69, 9.17) is 4.74 Å². The van der Waals surface area contributed by atoms with Gasteiger partial charge in [0.25, 0.3) is 0 Å². The summed E-state index contributed by atoms with van der Waals surface area (Å²) in [5.74, 6) is 1.25. The summed E-state index contributed by atoms with van der Waals surface area (Å²) >= 11 is 1.72. The molecule has 2 rings (SSSR count). The Morgan fingerprint density at radius 2 is 2.00 bits per heavy atom. The van der Waals surface area contributed by atoms with Gasteiger partial charge in [0.1, 0.15) is 12.4 Å². The molecule has 1 aliphatic rings. The third-order valence-electron chi connectivity index (χ3n) is 3.60. The van der Waals surface area contributed by atoms with Crippen LogP contribution in [-0.2, 0) is 37.2 Å². The number of nitrogens with one attached hydrogen (secondary N) is 2. The lowest BCUT2D eigenvalue weighted by molar-refractivity contribution is -0.144. The predicted octanol–water partition coefficient (Wildman–Crippen LogP) is 1.44. The number of nitrogens with zero attached hydrogens (tertiary/aromatic N) is 2. The first-order valence-electron chi connectivity index (χ1n) is 8.43. The fourth-order valence-corrected chi connectivity index (χ4v) is 3.45. The van der Waals surface area contributed by atoms with Crippen molar-refractivity contribution in [2.45, 2.75) is 51.2 Å². The molecule has 2 amide bonds. The number of amides is 2. The number of ether oxygens (including phenoxy) is 1. The van der Waals surface area contributed by atoms with Crippen molar-refractivity contribution in [1.29, 1.82) is 0 Å². The van der Waals surface area contributed by atoms with Crippen molar-refractivity contribution in [1.82, 2.24) is 15.1 Å². The average Bonchev–Trinajstić information content (AvgIpc) is 3.14. The smallest absolute Gasteiger partial charge is 0.306 e. The van der Waals surface area contributed by atoms with Crippen molar-refractivity contribution in [3.63, 3.8) is 0 Å². The van der Waals surface area contributed by atoms with Crippen LogP contribution in [0.4, 0.5) is 5.82 Å². The van der Waals surface area contributed by atoms with Crippen LogP contribution in [0.15, 0.2) is 0 Å². The Kier molecular flexibility index (Phi) is 7.30. The monoisotopic (exact) mass is 368 g/mol. The summed E-state index contributed by atoms with van der Waals surface area (Å²) in [6.07, 6.45) is 0.922. The van der Waals surface area contributed by atoms with E-state index in [0.717, 1.165) is 29.2 Å². The van der Waals surface area contributed by atoms with Gasteiger partial charge in [0.2, 0.25) is 11.8 Å². The van der Waals surface area contributed by atoms with E-state index < -0.39 is 5.97 Å². The Morgan fingerprint density at radius 3 is 2.72 bits per heavy atom. The number of thioether (sulfide) groups is 1. The van der Waals surface area contributed by atoms with Gasteiger partial charge in [0.15, 0.2) is 0 Å². The van der Waals surface area contributed by atoms with Gasteiger partial charge in [-0.25, -0.2) is 4.68 Å². The molecule has 0 aromatic carbocycles. The number of anilines is 1. The topological polar surface area (TPSA) is 102 Å². The van der Waals surface area contributed by atoms with E-state index in [-0.39, 0.29) is 31.2 Å². The van der Waals surface area contributed by atoms with Gasteiger partial charge in [-0.05, 0) is 13.3 Å². The Morgan fingerprint density at radius 1 is 1.20 bits per heavy atom. The molecule has 1 aromatic heterocycles. The summed E-state index contributed by atoms with van der Waals surface area (Å²) in [5, 5.41) is 10.1. The van der Waals surface area contributed by atoms with Gasteiger partial charge < -0.3 is 15.4 Å². The van der Waals surface area contributed by atoms with E-state index >= 15 is 0 Å². The number of aromatic nitrogens is 2. The molecule has 8 nitrogen and oxygen atoms in total. The highest BCUT2D eigenvalue weighted by Gasteiger charge is 2.25. The number of fused-ring (bicyclic) bond motifs is 1. The van der Waals surface area contributed by atoms with Gasteiger partial charge >= 0.3 is 5.97 Å². The molecule has 2 N–H and O–H groups in total. The SMILES string of the molecule is CCCNC(=O)Cn1nc2c(c1NC(=O)CCC(=O)OCC)CSC2. The molecule has 0 unspecified atom stereocenters. The van der Waals surface area contributed by atoms with Crippen LogP contribution in [0, 0.1) is 0 Å². The predicted molar refractivity (Wildman–Crippen MR) is 95.0 cm³/mol. The maximum absolute atomic E-state index is 12.2. The number of hydrogen-bond donors (Lipinski definition) is 2. The van der Waals surface area contributed by atoms with Gasteiger partial charge in [0, 0.05) is 30.0 Å². The lowest BCUT2D eigenvalue weighted by Crippen LogP contribution is -2.29. The largest absolute Gasteiger partial charge is 0.466 e. The molecule has 0 spiro atoms. The highest BCUT2D eigenvalue weighted by atomic mass is 32.2. The van der Waals surface area contributed by atoms with Crippen molar-refractivity contribution < 1.29 is 19.1 Å². The van der Waals surface area contributed by atoms with Crippen molar-refractivity contribution in [2.24, 2.45) is 0 Å². The summed E-state index contributed by atoms with van der Waals surface area (Å²) in [4.78, 5) is 35.5. The first kappa shape index (κ1) is 19.3. The molecule has 0 fully saturated rings. The van der Waals surface area contributed by atoms with Gasteiger partial charge in [-0.2, -0.15) is 16.9 Å². The lowest BCUT2D eigenvalue weighted by atomic mass is 10.2. The van der Waals surface area contributed by atoms with E-state index in [1.54, 1.807) is 18.7 Å². The van der Waals surface area contributed by atoms with E-state index in [1.807, 2.05) is 6.92 Å². The number of carbonyl (C=O) groups excluding carboxylic acids is 3. The van der Waals surface area contributed by atoms with Gasteiger partial charge in [0.05, 0.1) is 18.7 Å². The lowest BCUT2D eigenvalue weighted by Gasteiger charge is -2.11. The highest BCUT2D eigenvalue weighted by molar-refractivity contribution is 7.98. The van der Waals surface area contributed by atoms with Crippen molar-refractivity contribution in [3.05, 3.63) is 11.3 Å². The Balaban J connectivity index is 2.01. The fraction of sp³-hybridized carbons (Fsp3) is 0.625. The minimum absolute atomic E-state index is 0.0295. The molecule has 1 aliphatic heterocycles. The molecule has 0 bridgehead atoms. The van der Waals surface area contributed by atoms with E-state index in [1.165, 1.54) is 4.68 Å². The number of esters is 1. The van der Waals surface area contributed by atoms with Crippen LogP contribution in [0.25, 0.3) is 0 Å². The molecule has 25 heavy (non-hydrogen) atoms. The summed E-state index contributed by atoms with van der Waals surface area (Å²) in [7, 11) is 0. The summed E-state index contributed by atoms with van der Waals surface area (Å²) < 4.78 is 6.36. The van der Waals surface area contributed by atoms with Crippen LogP contribution in [0.2, 0.25) is 0 Å². The molecule has 0 radical (unpaired) electrons. The van der Waals surface area contributed by atoms with Crippen molar-refractivity contribution in [2.75, 3.05) is 18.5 Å². The number of carbonyl (C=O) groups is 3. The summed E-state index contributed by atoms with van der Waals surface area (Å²) in [6.45, 7) is 4.67. The van der Waals surface area contributed by atoms with Crippen LogP contribution in [-0.4, -0.2) is 40.7 Å². The molecular formula is C16H24N4O4S. The second-order valence-electron chi connectivity index (χ2n) is 5.63. The Bertz CT molecular complexity index is 644. The van der Waals surface area contributed by atoms with E-state index in [2.05, 4.69) is 15.7 Å². The molecule has 0 saturated carbocycles. The second kappa shape index (κ2) is 9.45. The van der Waals surface area contributed by atoms with Crippen LogP contribution >= 0.6 is 11.8 Å². The van der Waals surface area contributed by atoms with Crippen LogP contribution in [0.5, 0.6) is 0 Å². The molecule has 0 aliphatic carbocycles. The molecule has 2 heterocycles. The van der Waals surface area contributed by atoms with Gasteiger partial charge in [-0.15, -0.1) is 0 Å². The zero-order chi connectivity index (χ0) is 18.2. The molecule has 0 saturated heterocycles. The third kappa shape index (κ3) is 5.48. The van der Waals surface area contributed by atoms with Gasteiger partial charge in [-0.1, -0.05) is 6.92 Å². The quantitative estimate of drug-likeness (QED) is 0.640. The molecular weight excluding hydrogens is 344 g/mol. The van der Waals surface area contributed by atoms with E-state index in [9.17, 15) is 14.4 Å². The van der Waals surface area contributed by atoms with Crippen molar-refractivity contribution in [3.8, 4) is 0 Å². The summed E-state index contributed by atoms with van der Waals surface area (Å²) in [6, 6.07) is 0. The number of hydrogen-bond acceptors (Lipinski definition) is 6. The maximum Gasteiger partial charge on any atom is 0.306 e. The maximum atomic E-state index is 12.2. The normalized spacial score (nSPS) is 12.6. The molecule has 138 valence electrons. The van der Waals surface area contributed by atoms with E-state index in [0.29, 0.717) is 19.0 Å². The zero-order valence-electron chi connectivity index (χ0n) is 14.6. The first-order chi connectivity index (χ1) is 12.0. The first-order valence-corrected chi connectivity index (χ1v) is 9.59. The fourth-order valence-electron chi connectivity index (χ4n) is 2.42. The second-order valence-corrected chi connectivity index (χ2v) is 6.61. The summed E-state index contributed by atoms with van der Waals surface area (Å²) in [5.41, 5.74) is 1.85. The number of rotatable bonds is 9. The van der Waals surface area contributed by atoms with Crippen LogP contribution < -0.4 is 10.6 Å². The van der Waals surface area contributed by atoms with Crippen molar-refractivity contribution >= 4 is 35.4 Å². The minimum atomic E-state index is -0.397. The molecule has 0 atom stereocenters. The zero-order valence-corrected chi connectivity index (χ0v) is 15.4.